The van der Waals surface area contributed by atoms with Gasteiger partial charge in [-0.05, 0) is 45.6 Å². The van der Waals surface area contributed by atoms with E-state index in [0.29, 0.717) is 23.8 Å². The molecule has 1 atom stereocenters. The number of nitrogens with zero attached hydrogens (tertiary/aromatic N) is 2. The number of halogens is 1. The zero-order chi connectivity index (χ0) is 13.1. The molecule has 1 aliphatic heterocycles. The third-order valence-electron chi connectivity index (χ3n) is 3.71. The Labute approximate surface area is 108 Å². The molecule has 4 heteroatoms. The van der Waals surface area contributed by atoms with Gasteiger partial charge in [-0.15, -0.1) is 0 Å². The number of likely N-dealkylation sites (N-methyl/N-ethyl adjacent to an activating group) is 2. The molecule has 1 fully saturated rings. The quantitative estimate of drug-likeness (QED) is 0.830. The molecular formula is C14H22FN3. The fraction of sp³-hybridized carbons (Fsp3) is 0.571. The first kappa shape index (κ1) is 13.3. The number of rotatable bonds is 4. The van der Waals surface area contributed by atoms with Crippen LogP contribution in [0.4, 0.5) is 10.1 Å². The summed E-state index contributed by atoms with van der Waals surface area (Å²) in [5.41, 5.74) is 6.74. The van der Waals surface area contributed by atoms with Crippen LogP contribution < -0.4 is 5.73 Å². The number of likely N-dealkylation sites (tertiary alicyclic amines) is 1. The summed E-state index contributed by atoms with van der Waals surface area (Å²) in [6.45, 7) is 2.80. The van der Waals surface area contributed by atoms with Gasteiger partial charge in [0.1, 0.15) is 5.82 Å². The molecule has 0 aliphatic carbocycles. The van der Waals surface area contributed by atoms with Crippen LogP contribution in [0.2, 0.25) is 0 Å². The molecule has 100 valence electrons. The lowest BCUT2D eigenvalue weighted by atomic mass is 10.1. The molecule has 1 heterocycles. The van der Waals surface area contributed by atoms with Crippen LogP contribution in [-0.4, -0.2) is 43.0 Å². The summed E-state index contributed by atoms with van der Waals surface area (Å²) < 4.78 is 13.7. The van der Waals surface area contributed by atoms with Gasteiger partial charge < -0.3 is 15.5 Å². The molecule has 1 saturated heterocycles. The van der Waals surface area contributed by atoms with E-state index in [9.17, 15) is 4.39 Å². The van der Waals surface area contributed by atoms with E-state index in [-0.39, 0.29) is 5.82 Å². The predicted molar refractivity (Wildman–Crippen MR) is 72.8 cm³/mol. The third kappa shape index (κ3) is 3.21. The highest BCUT2D eigenvalue weighted by Crippen LogP contribution is 2.18. The lowest BCUT2D eigenvalue weighted by Gasteiger charge is -2.25. The van der Waals surface area contributed by atoms with E-state index in [2.05, 4.69) is 16.8 Å². The van der Waals surface area contributed by atoms with E-state index in [1.807, 2.05) is 7.05 Å². The average Bonchev–Trinajstić information content (AvgIpc) is 2.69. The summed E-state index contributed by atoms with van der Waals surface area (Å²) >= 11 is 0. The predicted octanol–water partition coefficient (Wildman–Crippen LogP) is 1.93. The third-order valence-corrected chi connectivity index (χ3v) is 3.71. The maximum absolute atomic E-state index is 13.7. The summed E-state index contributed by atoms with van der Waals surface area (Å²) in [6.07, 6.45) is 2.51. The first-order valence-electron chi connectivity index (χ1n) is 6.49. The van der Waals surface area contributed by atoms with Crippen LogP contribution in [0.1, 0.15) is 18.4 Å². The minimum Gasteiger partial charge on any atom is -0.399 e. The summed E-state index contributed by atoms with van der Waals surface area (Å²) in [4.78, 5) is 4.57. The van der Waals surface area contributed by atoms with E-state index >= 15 is 0 Å². The molecule has 0 amide bonds. The first-order chi connectivity index (χ1) is 8.56. The Hall–Kier alpha value is -1.13. The average molecular weight is 251 g/mol. The largest absolute Gasteiger partial charge is 0.399 e. The summed E-state index contributed by atoms with van der Waals surface area (Å²) in [5.74, 6) is -0.207. The van der Waals surface area contributed by atoms with Gasteiger partial charge in [0.15, 0.2) is 0 Å². The fourth-order valence-corrected chi connectivity index (χ4v) is 2.62. The molecule has 3 nitrogen and oxygen atoms in total. The molecule has 18 heavy (non-hydrogen) atoms. The smallest absolute Gasteiger partial charge is 0.129 e. The second-order valence-corrected chi connectivity index (χ2v) is 5.32. The van der Waals surface area contributed by atoms with Gasteiger partial charge in [-0.2, -0.15) is 0 Å². The number of nitrogen functional groups attached to an aromatic ring is 1. The van der Waals surface area contributed by atoms with Crippen molar-refractivity contribution in [1.29, 1.82) is 0 Å². The van der Waals surface area contributed by atoms with Crippen LogP contribution in [0.25, 0.3) is 0 Å². The highest BCUT2D eigenvalue weighted by molar-refractivity contribution is 5.40. The Morgan fingerprint density at radius 1 is 1.50 bits per heavy atom. The minimum absolute atomic E-state index is 0.207. The number of benzene rings is 1. The molecule has 1 aliphatic rings. The Morgan fingerprint density at radius 3 is 2.89 bits per heavy atom. The maximum Gasteiger partial charge on any atom is 0.129 e. The van der Waals surface area contributed by atoms with Crippen molar-refractivity contribution in [2.45, 2.75) is 25.4 Å². The molecule has 2 rings (SSSR count). The molecular weight excluding hydrogens is 229 g/mol. The lowest BCUT2D eigenvalue weighted by Crippen LogP contribution is -2.36. The second kappa shape index (κ2) is 5.67. The molecule has 0 bridgehead atoms. The normalized spacial score (nSPS) is 20.8. The minimum atomic E-state index is -0.207. The van der Waals surface area contributed by atoms with Gasteiger partial charge in [-0.25, -0.2) is 4.39 Å². The summed E-state index contributed by atoms with van der Waals surface area (Å²) in [6, 6.07) is 5.53. The van der Waals surface area contributed by atoms with Crippen molar-refractivity contribution < 1.29 is 4.39 Å². The Balaban J connectivity index is 1.92. The molecule has 0 saturated carbocycles. The van der Waals surface area contributed by atoms with Gasteiger partial charge in [0.25, 0.3) is 0 Å². The Morgan fingerprint density at radius 2 is 2.28 bits per heavy atom. The van der Waals surface area contributed by atoms with Crippen molar-refractivity contribution in [3.8, 4) is 0 Å². The van der Waals surface area contributed by atoms with Gasteiger partial charge in [0, 0.05) is 30.4 Å². The van der Waals surface area contributed by atoms with Crippen molar-refractivity contribution in [1.82, 2.24) is 9.80 Å². The number of anilines is 1. The monoisotopic (exact) mass is 251 g/mol. The van der Waals surface area contributed by atoms with E-state index < -0.39 is 0 Å². The van der Waals surface area contributed by atoms with Crippen LogP contribution >= 0.6 is 0 Å². The fourth-order valence-electron chi connectivity index (χ4n) is 2.62. The van der Waals surface area contributed by atoms with Crippen LogP contribution in [0.15, 0.2) is 18.2 Å². The molecule has 2 N–H and O–H groups in total. The first-order valence-corrected chi connectivity index (χ1v) is 6.49. The van der Waals surface area contributed by atoms with Gasteiger partial charge in [-0.1, -0.05) is 6.07 Å². The highest BCUT2D eigenvalue weighted by atomic mass is 19.1. The molecule has 0 spiro atoms. The van der Waals surface area contributed by atoms with E-state index in [4.69, 9.17) is 5.73 Å². The van der Waals surface area contributed by atoms with E-state index in [1.165, 1.54) is 25.5 Å². The topological polar surface area (TPSA) is 32.5 Å². The van der Waals surface area contributed by atoms with Crippen molar-refractivity contribution in [3.05, 3.63) is 29.6 Å². The second-order valence-electron chi connectivity index (χ2n) is 5.32. The van der Waals surface area contributed by atoms with Gasteiger partial charge in [-0.3, -0.25) is 0 Å². The molecule has 1 unspecified atom stereocenters. The Bertz CT molecular complexity index is 408. The van der Waals surface area contributed by atoms with Crippen molar-refractivity contribution in [2.24, 2.45) is 0 Å². The zero-order valence-electron chi connectivity index (χ0n) is 11.2. The van der Waals surface area contributed by atoms with Gasteiger partial charge in [0.2, 0.25) is 0 Å². The molecule has 1 aromatic rings. The maximum atomic E-state index is 13.7. The standard InChI is InChI=1S/C14H22FN3/c1-17(10-13-4-3-7-18(13)2)9-11-5-6-12(16)8-14(11)15/h5-6,8,13H,3-4,7,9-10,16H2,1-2H3. The molecule has 1 aromatic carbocycles. The van der Waals surface area contributed by atoms with E-state index in [1.54, 1.807) is 12.1 Å². The summed E-state index contributed by atoms with van der Waals surface area (Å²) in [7, 11) is 4.21. The lowest BCUT2D eigenvalue weighted by molar-refractivity contribution is 0.214. The number of hydrogen-bond acceptors (Lipinski definition) is 3. The Kier molecular flexibility index (Phi) is 4.19. The van der Waals surface area contributed by atoms with Crippen molar-refractivity contribution in [2.75, 3.05) is 32.9 Å². The van der Waals surface area contributed by atoms with Gasteiger partial charge >= 0.3 is 0 Å². The highest BCUT2D eigenvalue weighted by Gasteiger charge is 2.22. The number of hydrogen-bond donors (Lipinski definition) is 1. The van der Waals surface area contributed by atoms with Crippen LogP contribution in [0, 0.1) is 5.82 Å². The van der Waals surface area contributed by atoms with Gasteiger partial charge in [0.05, 0.1) is 0 Å². The SMILES string of the molecule is CN(Cc1ccc(N)cc1F)CC1CCCN1C. The molecule has 0 radical (unpaired) electrons. The van der Waals surface area contributed by atoms with Crippen molar-refractivity contribution >= 4 is 5.69 Å². The van der Waals surface area contributed by atoms with Crippen LogP contribution in [0.3, 0.4) is 0 Å². The van der Waals surface area contributed by atoms with Crippen LogP contribution in [0.5, 0.6) is 0 Å². The zero-order valence-corrected chi connectivity index (χ0v) is 11.2. The van der Waals surface area contributed by atoms with E-state index in [0.717, 1.165) is 6.54 Å². The van der Waals surface area contributed by atoms with Crippen LogP contribution in [-0.2, 0) is 6.54 Å². The number of nitrogens with two attached hydrogens (primary N) is 1. The van der Waals surface area contributed by atoms with Crippen molar-refractivity contribution in [3.63, 3.8) is 0 Å². The summed E-state index contributed by atoms with van der Waals surface area (Å²) in [5, 5.41) is 0. The molecule has 0 aromatic heterocycles.